The Bertz CT molecular complexity index is 488. The number of aliphatic hydroxyl groups excluding tert-OH is 1. The van der Waals surface area contributed by atoms with Crippen molar-refractivity contribution in [3.05, 3.63) is 35.2 Å². The molecule has 90 valence electrons. The van der Waals surface area contributed by atoms with Crippen LogP contribution in [0.15, 0.2) is 30.3 Å². The summed E-state index contributed by atoms with van der Waals surface area (Å²) in [5.74, 6) is -0.112. The van der Waals surface area contributed by atoms with E-state index < -0.39 is 6.10 Å². The molecule has 1 amide bonds. The van der Waals surface area contributed by atoms with Crippen molar-refractivity contribution < 1.29 is 9.90 Å². The van der Waals surface area contributed by atoms with E-state index in [-0.39, 0.29) is 5.91 Å². The molecule has 4 heteroatoms. The summed E-state index contributed by atoms with van der Waals surface area (Å²) in [6.07, 6.45) is 0.181. The lowest BCUT2D eigenvalue weighted by Gasteiger charge is -2.07. The summed E-state index contributed by atoms with van der Waals surface area (Å²) >= 11 is 1.47. The van der Waals surface area contributed by atoms with Gasteiger partial charge in [0.2, 0.25) is 0 Å². The minimum atomic E-state index is -0.465. The monoisotopic (exact) mass is 249 g/mol. The Labute approximate surface area is 104 Å². The summed E-state index contributed by atoms with van der Waals surface area (Å²) in [6, 6.07) is 9.79. The van der Waals surface area contributed by atoms with Gasteiger partial charge in [-0.1, -0.05) is 25.1 Å². The molecule has 0 spiro atoms. The van der Waals surface area contributed by atoms with E-state index in [0.717, 1.165) is 10.1 Å². The van der Waals surface area contributed by atoms with Crippen molar-refractivity contribution in [1.29, 1.82) is 0 Å². The zero-order valence-electron chi connectivity index (χ0n) is 9.64. The van der Waals surface area contributed by atoms with E-state index in [2.05, 4.69) is 5.32 Å². The van der Waals surface area contributed by atoms with E-state index in [9.17, 15) is 9.90 Å². The Hall–Kier alpha value is -1.39. The van der Waals surface area contributed by atoms with Crippen LogP contribution >= 0.6 is 11.3 Å². The number of nitrogens with one attached hydrogen (secondary N) is 1. The lowest BCUT2D eigenvalue weighted by atomic mass is 10.2. The zero-order chi connectivity index (χ0) is 12.3. The van der Waals surface area contributed by atoms with Gasteiger partial charge in [-0.3, -0.25) is 4.79 Å². The predicted octanol–water partition coefficient (Wildman–Crippen LogP) is 2.40. The third kappa shape index (κ3) is 2.84. The van der Waals surface area contributed by atoms with Crippen molar-refractivity contribution in [2.24, 2.45) is 0 Å². The van der Waals surface area contributed by atoms with Crippen LogP contribution in [-0.2, 0) is 0 Å². The third-order valence-electron chi connectivity index (χ3n) is 2.62. The fourth-order valence-corrected chi connectivity index (χ4v) is 2.51. The fourth-order valence-electron chi connectivity index (χ4n) is 1.54. The number of hydrogen-bond donors (Lipinski definition) is 2. The van der Waals surface area contributed by atoms with Gasteiger partial charge < -0.3 is 10.4 Å². The lowest BCUT2D eigenvalue weighted by molar-refractivity contribution is 0.0918. The van der Waals surface area contributed by atoms with E-state index in [1.54, 1.807) is 0 Å². The molecule has 1 atom stereocenters. The van der Waals surface area contributed by atoms with Crippen LogP contribution in [0.4, 0.5) is 0 Å². The van der Waals surface area contributed by atoms with Gasteiger partial charge in [0.05, 0.1) is 11.0 Å². The second kappa shape index (κ2) is 5.29. The Morgan fingerprint density at radius 2 is 2.24 bits per heavy atom. The highest BCUT2D eigenvalue weighted by atomic mass is 32.1. The van der Waals surface area contributed by atoms with Gasteiger partial charge in [-0.25, -0.2) is 0 Å². The Morgan fingerprint density at radius 1 is 1.47 bits per heavy atom. The van der Waals surface area contributed by atoms with Crippen LogP contribution in [0.5, 0.6) is 0 Å². The van der Waals surface area contributed by atoms with Gasteiger partial charge in [-0.2, -0.15) is 0 Å². The van der Waals surface area contributed by atoms with Crippen molar-refractivity contribution in [2.75, 3.05) is 6.54 Å². The quantitative estimate of drug-likeness (QED) is 0.874. The van der Waals surface area contributed by atoms with Gasteiger partial charge in [0, 0.05) is 11.2 Å². The second-order valence-corrected chi connectivity index (χ2v) is 5.00. The smallest absolute Gasteiger partial charge is 0.261 e. The fraction of sp³-hybridized carbons (Fsp3) is 0.308. The highest BCUT2D eigenvalue weighted by Gasteiger charge is 2.10. The molecule has 2 N–H and O–H groups in total. The third-order valence-corrected chi connectivity index (χ3v) is 3.73. The Morgan fingerprint density at radius 3 is 2.94 bits per heavy atom. The zero-order valence-corrected chi connectivity index (χ0v) is 10.5. The molecule has 0 bridgehead atoms. The predicted molar refractivity (Wildman–Crippen MR) is 70.5 cm³/mol. The molecule has 2 rings (SSSR count). The van der Waals surface area contributed by atoms with Crippen LogP contribution in [-0.4, -0.2) is 23.7 Å². The minimum Gasteiger partial charge on any atom is -0.391 e. The molecule has 0 aliphatic carbocycles. The number of thiophene rings is 1. The molecule has 0 aliphatic rings. The van der Waals surface area contributed by atoms with Gasteiger partial charge in [-0.15, -0.1) is 11.3 Å². The van der Waals surface area contributed by atoms with E-state index >= 15 is 0 Å². The average Bonchev–Trinajstić information content (AvgIpc) is 2.79. The maximum Gasteiger partial charge on any atom is 0.261 e. The number of carbonyl (C=O) groups excluding carboxylic acids is 1. The number of aliphatic hydroxyl groups is 1. The van der Waals surface area contributed by atoms with Crippen LogP contribution in [0.2, 0.25) is 0 Å². The van der Waals surface area contributed by atoms with Crippen molar-refractivity contribution in [2.45, 2.75) is 19.4 Å². The van der Waals surface area contributed by atoms with E-state index in [1.807, 2.05) is 37.3 Å². The topological polar surface area (TPSA) is 49.3 Å². The van der Waals surface area contributed by atoms with Crippen molar-refractivity contribution in [3.8, 4) is 0 Å². The normalized spacial score (nSPS) is 12.6. The first kappa shape index (κ1) is 12.1. The molecule has 2 aromatic rings. The molecular formula is C13H15NO2S. The molecule has 0 radical (unpaired) electrons. The van der Waals surface area contributed by atoms with E-state index in [0.29, 0.717) is 17.8 Å². The number of hydrogen-bond acceptors (Lipinski definition) is 3. The molecular weight excluding hydrogens is 234 g/mol. The van der Waals surface area contributed by atoms with Gasteiger partial charge in [0.15, 0.2) is 0 Å². The summed E-state index contributed by atoms with van der Waals surface area (Å²) < 4.78 is 1.11. The van der Waals surface area contributed by atoms with Gasteiger partial charge in [0.1, 0.15) is 0 Å². The molecule has 1 aromatic heterocycles. The summed E-state index contributed by atoms with van der Waals surface area (Å²) in [7, 11) is 0. The average molecular weight is 249 g/mol. The van der Waals surface area contributed by atoms with Crippen LogP contribution in [0, 0.1) is 0 Å². The molecule has 17 heavy (non-hydrogen) atoms. The molecule has 1 heterocycles. The van der Waals surface area contributed by atoms with Crippen LogP contribution < -0.4 is 5.32 Å². The molecule has 0 aliphatic heterocycles. The first-order valence-electron chi connectivity index (χ1n) is 5.65. The van der Waals surface area contributed by atoms with Crippen molar-refractivity contribution in [3.63, 3.8) is 0 Å². The first-order valence-corrected chi connectivity index (χ1v) is 6.47. The van der Waals surface area contributed by atoms with Gasteiger partial charge in [0.25, 0.3) is 5.91 Å². The summed E-state index contributed by atoms with van der Waals surface area (Å²) in [5.41, 5.74) is 0. The number of benzene rings is 1. The molecule has 1 aromatic carbocycles. The Balaban J connectivity index is 2.08. The maximum atomic E-state index is 11.8. The van der Waals surface area contributed by atoms with Gasteiger partial charge in [-0.05, 0) is 23.9 Å². The Kier molecular flexibility index (Phi) is 3.76. The number of amides is 1. The minimum absolute atomic E-state index is 0.112. The van der Waals surface area contributed by atoms with E-state index in [4.69, 9.17) is 0 Å². The van der Waals surface area contributed by atoms with E-state index in [1.165, 1.54) is 11.3 Å². The molecule has 3 nitrogen and oxygen atoms in total. The van der Waals surface area contributed by atoms with Crippen LogP contribution in [0.1, 0.15) is 23.0 Å². The molecule has 0 saturated heterocycles. The number of rotatable bonds is 4. The van der Waals surface area contributed by atoms with Crippen LogP contribution in [0.3, 0.4) is 0 Å². The second-order valence-electron chi connectivity index (χ2n) is 3.92. The standard InChI is InChI=1S/C13H15NO2S/c1-2-10(15)8-14-13(16)12-7-9-5-3-4-6-11(9)17-12/h3-7,10,15H,2,8H2,1H3,(H,14,16). The van der Waals surface area contributed by atoms with Crippen molar-refractivity contribution >= 4 is 27.3 Å². The van der Waals surface area contributed by atoms with Gasteiger partial charge >= 0.3 is 0 Å². The molecule has 0 fully saturated rings. The number of fused-ring (bicyclic) bond motifs is 1. The highest BCUT2D eigenvalue weighted by molar-refractivity contribution is 7.20. The lowest BCUT2D eigenvalue weighted by Crippen LogP contribution is -2.31. The van der Waals surface area contributed by atoms with Crippen LogP contribution in [0.25, 0.3) is 10.1 Å². The molecule has 0 saturated carbocycles. The SMILES string of the molecule is CCC(O)CNC(=O)c1cc2ccccc2s1. The summed E-state index contributed by atoms with van der Waals surface area (Å²) in [4.78, 5) is 12.5. The highest BCUT2D eigenvalue weighted by Crippen LogP contribution is 2.24. The molecule has 1 unspecified atom stereocenters. The maximum absolute atomic E-state index is 11.8. The first-order chi connectivity index (χ1) is 8.20. The number of carbonyl (C=O) groups is 1. The van der Waals surface area contributed by atoms with Crippen molar-refractivity contribution in [1.82, 2.24) is 5.32 Å². The summed E-state index contributed by atoms with van der Waals surface area (Å²) in [6.45, 7) is 2.19. The largest absolute Gasteiger partial charge is 0.391 e. The summed E-state index contributed by atoms with van der Waals surface area (Å²) in [5, 5.41) is 13.2.